The minimum atomic E-state index is -0.888. The van der Waals surface area contributed by atoms with Crippen LogP contribution in [0, 0.1) is 0 Å². The number of hydrogen-bond acceptors (Lipinski definition) is 4. The van der Waals surface area contributed by atoms with Crippen molar-refractivity contribution in [1.82, 2.24) is 0 Å². The zero-order valence-corrected chi connectivity index (χ0v) is 13.5. The second kappa shape index (κ2) is 6.21. The number of aldehydes is 2. The molecule has 2 aromatic carbocycles. The lowest BCUT2D eigenvalue weighted by Crippen LogP contribution is -2.53. The molecular weight excluding hydrogens is 300 g/mol. The fraction of sp³-hybridized carbons (Fsp3) is 0.300. The third-order valence-electron chi connectivity index (χ3n) is 5.31. The first-order valence-corrected chi connectivity index (χ1v) is 8.15. The highest BCUT2D eigenvalue weighted by molar-refractivity contribution is 5.74. The van der Waals surface area contributed by atoms with Crippen molar-refractivity contribution in [2.45, 2.75) is 36.1 Å². The van der Waals surface area contributed by atoms with Crippen LogP contribution in [0.5, 0.6) is 0 Å². The van der Waals surface area contributed by atoms with Crippen molar-refractivity contribution in [3.8, 4) is 0 Å². The van der Waals surface area contributed by atoms with Gasteiger partial charge < -0.3 is 21.1 Å². The second-order valence-electron chi connectivity index (χ2n) is 6.80. The molecule has 1 aliphatic rings. The summed E-state index contributed by atoms with van der Waals surface area (Å²) in [5, 5.41) is 0. The first-order chi connectivity index (χ1) is 11.5. The van der Waals surface area contributed by atoms with Crippen molar-refractivity contribution in [2.24, 2.45) is 5.73 Å². The lowest BCUT2D eigenvalue weighted by atomic mass is 9.57. The summed E-state index contributed by atoms with van der Waals surface area (Å²) in [7, 11) is 0. The minimum absolute atomic E-state index is 0.149. The van der Waals surface area contributed by atoms with Crippen LogP contribution < -0.4 is 11.5 Å². The van der Waals surface area contributed by atoms with Crippen LogP contribution in [-0.2, 0) is 15.0 Å². The van der Waals surface area contributed by atoms with E-state index in [1.165, 1.54) is 0 Å². The maximum atomic E-state index is 12.3. The summed E-state index contributed by atoms with van der Waals surface area (Å²) in [5.41, 5.74) is 13.1. The molecule has 124 valence electrons. The molecule has 0 heterocycles. The molecule has 0 spiro atoms. The van der Waals surface area contributed by atoms with Gasteiger partial charge in [-0.2, -0.15) is 0 Å². The van der Waals surface area contributed by atoms with Crippen molar-refractivity contribution in [3.63, 3.8) is 0 Å². The Morgan fingerprint density at radius 2 is 1.58 bits per heavy atom. The van der Waals surface area contributed by atoms with Crippen LogP contribution in [0.25, 0.3) is 0 Å². The van der Waals surface area contributed by atoms with E-state index in [0.29, 0.717) is 24.9 Å². The molecule has 3 rings (SSSR count). The van der Waals surface area contributed by atoms with E-state index in [2.05, 4.69) is 0 Å². The molecular formula is C20H22N2O2. The van der Waals surface area contributed by atoms with Crippen molar-refractivity contribution < 1.29 is 9.59 Å². The minimum Gasteiger partial charge on any atom is -0.399 e. The summed E-state index contributed by atoms with van der Waals surface area (Å²) < 4.78 is 0. The van der Waals surface area contributed by atoms with E-state index < -0.39 is 11.0 Å². The van der Waals surface area contributed by atoms with Gasteiger partial charge in [0.25, 0.3) is 0 Å². The van der Waals surface area contributed by atoms with E-state index in [-0.39, 0.29) is 5.92 Å². The van der Waals surface area contributed by atoms with Crippen LogP contribution in [0.3, 0.4) is 0 Å². The van der Waals surface area contributed by atoms with E-state index in [4.69, 9.17) is 11.5 Å². The number of nitrogens with two attached hydrogens (primary N) is 2. The van der Waals surface area contributed by atoms with Crippen LogP contribution in [0.2, 0.25) is 0 Å². The molecule has 24 heavy (non-hydrogen) atoms. The zero-order valence-electron chi connectivity index (χ0n) is 13.5. The fourth-order valence-electron chi connectivity index (χ4n) is 3.83. The second-order valence-corrected chi connectivity index (χ2v) is 6.80. The van der Waals surface area contributed by atoms with Crippen molar-refractivity contribution in [3.05, 3.63) is 65.7 Å². The Bertz CT molecular complexity index is 729. The van der Waals surface area contributed by atoms with Gasteiger partial charge in [0.2, 0.25) is 0 Å². The molecule has 0 radical (unpaired) electrons. The monoisotopic (exact) mass is 322 g/mol. The quantitative estimate of drug-likeness (QED) is 0.669. The van der Waals surface area contributed by atoms with Crippen LogP contribution in [0.15, 0.2) is 54.6 Å². The molecule has 0 bridgehead atoms. The highest BCUT2D eigenvalue weighted by Gasteiger charge is 2.49. The van der Waals surface area contributed by atoms with Crippen LogP contribution in [0.1, 0.15) is 36.3 Å². The topological polar surface area (TPSA) is 86.2 Å². The average molecular weight is 322 g/mol. The van der Waals surface area contributed by atoms with Gasteiger partial charge in [0.05, 0.1) is 11.0 Å². The van der Waals surface area contributed by atoms with E-state index in [1.54, 1.807) is 0 Å². The predicted octanol–water partition coefficient (Wildman–Crippen LogP) is 2.57. The molecule has 1 aliphatic carbocycles. The fourth-order valence-corrected chi connectivity index (χ4v) is 3.83. The third kappa shape index (κ3) is 2.74. The Hall–Kier alpha value is -2.46. The first kappa shape index (κ1) is 16.4. The Balaban J connectivity index is 2.13. The molecule has 4 nitrogen and oxygen atoms in total. The number of nitrogen functional groups attached to an aromatic ring is 1. The van der Waals surface area contributed by atoms with Crippen molar-refractivity contribution in [1.29, 1.82) is 0 Å². The summed E-state index contributed by atoms with van der Waals surface area (Å²) >= 11 is 0. The number of rotatable bonds is 4. The van der Waals surface area contributed by atoms with Crippen LogP contribution >= 0.6 is 0 Å². The lowest BCUT2D eigenvalue weighted by molar-refractivity contribution is -0.119. The van der Waals surface area contributed by atoms with Gasteiger partial charge in [0.1, 0.15) is 12.6 Å². The number of carbonyl (C=O) groups excluding carboxylic acids is 2. The standard InChI is InChI=1S/C20H22N2O2/c21-17-8-6-16(7-9-17)20(14-24)11-10-19(22,13-23)12-18(20)15-4-2-1-3-5-15/h1-9,13-14,18H,10-12,21-22H2. The van der Waals surface area contributed by atoms with Crippen molar-refractivity contribution >= 4 is 18.3 Å². The van der Waals surface area contributed by atoms with Crippen molar-refractivity contribution in [2.75, 3.05) is 5.73 Å². The Morgan fingerprint density at radius 1 is 0.917 bits per heavy atom. The lowest BCUT2D eigenvalue weighted by Gasteiger charge is -2.46. The van der Waals surface area contributed by atoms with Gasteiger partial charge in [-0.05, 0) is 42.5 Å². The smallest absolute Gasteiger partial charge is 0.139 e. The molecule has 0 aliphatic heterocycles. The maximum Gasteiger partial charge on any atom is 0.139 e. The predicted molar refractivity (Wildman–Crippen MR) is 94.6 cm³/mol. The number of hydrogen-bond donors (Lipinski definition) is 2. The van der Waals surface area contributed by atoms with Gasteiger partial charge in [0, 0.05) is 11.6 Å². The molecule has 2 aromatic rings. The average Bonchev–Trinajstić information content (AvgIpc) is 2.63. The maximum absolute atomic E-state index is 12.3. The summed E-state index contributed by atoms with van der Waals surface area (Å²) in [6.45, 7) is 0. The zero-order chi connectivity index (χ0) is 17.2. The number of benzene rings is 2. The summed E-state index contributed by atoms with van der Waals surface area (Å²) in [4.78, 5) is 23.8. The largest absolute Gasteiger partial charge is 0.399 e. The summed E-state index contributed by atoms with van der Waals surface area (Å²) in [6, 6.07) is 17.3. The SMILES string of the molecule is Nc1ccc(C2(C=O)CCC(N)(C=O)CC2c2ccccc2)cc1. The van der Waals surface area contributed by atoms with E-state index >= 15 is 0 Å². The van der Waals surface area contributed by atoms with E-state index in [9.17, 15) is 9.59 Å². The molecule has 1 saturated carbocycles. The summed E-state index contributed by atoms with van der Waals surface area (Å²) in [6.07, 6.45) is 3.34. The Labute approximate surface area is 141 Å². The van der Waals surface area contributed by atoms with E-state index in [1.807, 2.05) is 54.6 Å². The molecule has 0 amide bonds. The summed E-state index contributed by atoms with van der Waals surface area (Å²) in [5.74, 6) is -0.149. The molecule has 3 unspecified atom stereocenters. The molecule has 0 aromatic heterocycles. The highest BCUT2D eigenvalue weighted by atomic mass is 16.1. The molecule has 4 heteroatoms. The Kier molecular flexibility index (Phi) is 4.24. The first-order valence-electron chi connectivity index (χ1n) is 8.15. The van der Waals surface area contributed by atoms with Crippen LogP contribution in [-0.4, -0.2) is 18.1 Å². The van der Waals surface area contributed by atoms with Gasteiger partial charge in [-0.1, -0.05) is 42.5 Å². The van der Waals surface area contributed by atoms with Gasteiger partial charge >= 0.3 is 0 Å². The van der Waals surface area contributed by atoms with Gasteiger partial charge in [-0.15, -0.1) is 0 Å². The van der Waals surface area contributed by atoms with Gasteiger partial charge in [0.15, 0.2) is 0 Å². The van der Waals surface area contributed by atoms with E-state index in [0.717, 1.165) is 23.7 Å². The molecule has 0 saturated heterocycles. The third-order valence-corrected chi connectivity index (χ3v) is 5.31. The molecule has 3 atom stereocenters. The highest BCUT2D eigenvalue weighted by Crippen LogP contribution is 2.50. The normalized spacial score (nSPS) is 29.8. The number of anilines is 1. The molecule has 1 fully saturated rings. The number of carbonyl (C=O) groups is 2. The Morgan fingerprint density at radius 3 is 2.17 bits per heavy atom. The molecule has 4 N–H and O–H groups in total. The van der Waals surface area contributed by atoms with Crippen LogP contribution in [0.4, 0.5) is 5.69 Å². The van der Waals surface area contributed by atoms with Gasteiger partial charge in [-0.25, -0.2) is 0 Å². The van der Waals surface area contributed by atoms with Gasteiger partial charge in [-0.3, -0.25) is 0 Å².